The molecule has 7 heteroatoms. The third-order valence-electron chi connectivity index (χ3n) is 6.91. The molecule has 0 radical (unpaired) electrons. The summed E-state index contributed by atoms with van der Waals surface area (Å²) in [6.07, 6.45) is 6.64. The molecule has 1 atom stereocenters. The Morgan fingerprint density at radius 1 is 1.15 bits per heavy atom. The predicted octanol–water partition coefficient (Wildman–Crippen LogP) is 4.45. The summed E-state index contributed by atoms with van der Waals surface area (Å²) in [6, 6.07) is 9.35. The van der Waals surface area contributed by atoms with Crippen molar-refractivity contribution in [3.63, 3.8) is 0 Å². The first-order valence-electron chi connectivity index (χ1n) is 12.0. The summed E-state index contributed by atoms with van der Waals surface area (Å²) in [4.78, 5) is 29.3. The Morgan fingerprint density at radius 3 is 2.48 bits per heavy atom. The second kappa shape index (κ2) is 8.84. The average Bonchev–Trinajstić information content (AvgIpc) is 3.04. The molecule has 4 rings (SSSR count). The number of aromatic nitrogens is 2. The van der Waals surface area contributed by atoms with Crippen molar-refractivity contribution in [2.75, 3.05) is 12.0 Å². The molecule has 1 aromatic heterocycles. The Labute approximate surface area is 196 Å². The fraction of sp³-hybridized carbons (Fsp3) is 0.577. The van der Waals surface area contributed by atoms with Gasteiger partial charge in [-0.1, -0.05) is 52.5 Å². The molecule has 2 aliphatic rings. The number of benzene rings is 1. The zero-order chi connectivity index (χ0) is 23.8. The van der Waals surface area contributed by atoms with Gasteiger partial charge in [0.1, 0.15) is 17.0 Å². The summed E-state index contributed by atoms with van der Waals surface area (Å²) in [5.41, 5.74) is 0.656. The van der Waals surface area contributed by atoms with Gasteiger partial charge in [0.25, 0.3) is 5.91 Å². The summed E-state index contributed by atoms with van der Waals surface area (Å²) in [5, 5.41) is 8.02. The van der Waals surface area contributed by atoms with Crippen LogP contribution in [0, 0.1) is 0 Å². The lowest BCUT2D eigenvalue weighted by atomic mass is 9.91. The van der Waals surface area contributed by atoms with Crippen molar-refractivity contribution >= 4 is 17.5 Å². The van der Waals surface area contributed by atoms with Gasteiger partial charge in [-0.15, -0.1) is 0 Å². The minimum absolute atomic E-state index is 0.135. The summed E-state index contributed by atoms with van der Waals surface area (Å²) >= 11 is 0. The normalized spacial score (nSPS) is 22.0. The van der Waals surface area contributed by atoms with Gasteiger partial charge in [-0.05, 0) is 38.0 Å². The molecule has 1 saturated carbocycles. The van der Waals surface area contributed by atoms with Crippen LogP contribution in [-0.2, 0) is 16.8 Å². The highest BCUT2D eigenvalue weighted by molar-refractivity contribution is 6.12. The fourth-order valence-electron chi connectivity index (χ4n) is 4.87. The number of nitrogens with one attached hydrogen (secondary N) is 1. The highest BCUT2D eigenvalue weighted by Gasteiger charge is 2.49. The quantitative estimate of drug-likeness (QED) is 0.696. The number of hydrogen-bond donors (Lipinski definition) is 1. The van der Waals surface area contributed by atoms with Crippen molar-refractivity contribution < 1.29 is 14.3 Å². The van der Waals surface area contributed by atoms with E-state index in [4.69, 9.17) is 9.84 Å². The molecule has 178 valence electrons. The van der Waals surface area contributed by atoms with E-state index in [2.05, 4.69) is 26.1 Å². The number of rotatable bonds is 4. The molecule has 2 aromatic rings. The first-order valence-corrected chi connectivity index (χ1v) is 12.0. The molecule has 2 amide bonds. The summed E-state index contributed by atoms with van der Waals surface area (Å²) in [7, 11) is 1.60. The highest BCUT2D eigenvalue weighted by Crippen LogP contribution is 2.36. The Balaban J connectivity index is 1.76. The van der Waals surface area contributed by atoms with E-state index in [9.17, 15) is 9.59 Å². The van der Waals surface area contributed by atoms with E-state index in [0.717, 1.165) is 31.4 Å². The molecule has 1 N–H and O–H groups in total. The van der Waals surface area contributed by atoms with Gasteiger partial charge in [0.2, 0.25) is 5.91 Å². The van der Waals surface area contributed by atoms with Gasteiger partial charge in [-0.25, -0.2) is 0 Å². The summed E-state index contributed by atoms with van der Waals surface area (Å²) in [6.45, 7) is 8.36. The number of nitrogens with zero attached hydrogens (tertiary/aromatic N) is 3. The third kappa shape index (κ3) is 4.50. The van der Waals surface area contributed by atoms with Gasteiger partial charge < -0.3 is 10.1 Å². The zero-order valence-electron chi connectivity index (χ0n) is 20.5. The van der Waals surface area contributed by atoms with E-state index in [0.29, 0.717) is 23.7 Å². The first kappa shape index (κ1) is 23.3. The lowest BCUT2D eigenvalue weighted by Crippen LogP contribution is -2.65. The highest BCUT2D eigenvalue weighted by atomic mass is 16.5. The van der Waals surface area contributed by atoms with Gasteiger partial charge in [-0.2, -0.15) is 5.10 Å². The van der Waals surface area contributed by atoms with E-state index in [-0.39, 0.29) is 23.3 Å². The Hall–Kier alpha value is -2.83. The molecular weight excluding hydrogens is 416 g/mol. The molecule has 0 saturated heterocycles. The molecule has 1 aliphatic carbocycles. The van der Waals surface area contributed by atoms with E-state index in [1.807, 2.05) is 37.3 Å². The van der Waals surface area contributed by atoms with E-state index in [1.54, 1.807) is 16.7 Å². The van der Waals surface area contributed by atoms with Crippen LogP contribution in [0.25, 0.3) is 0 Å². The first-order chi connectivity index (χ1) is 15.6. The number of methoxy groups -OCH3 is 1. The molecule has 1 aliphatic heterocycles. The van der Waals surface area contributed by atoms with Crippen molar-refractivity contribution in [3.8, 4) is 5.75 Å². The number of carbonyl (C=O) groups excluding carboxylic acids is 2. The molecule has 7 nitrogen and oxygen atoms in total. The topological polar surface area (TPSA) is 76.5 Å². The molecule has 0 spiro atoms. The molecule has 1 aromatic carbocycles. The summed E-state index contributed by atoms with van der Waals surface area (Å²) in [5.74, 6) is 0.279. The Kier molecular flexibility index (Phi) is 6.25. The van der Waals surface area contributed by atoms with E-state index in [1.165, 1.54) is 12.8 Å². The van der Waals surface area contributed by atoms with Gasteiger partial charge in [-0.3, -0.25) is 19.2 Å². The van der Waals surface area contributed by atoms with E-state index < -0.39 is 5.54 Å². The van der Waals surface area contributed by atoms with Crippen LogP contribution in [0.2, 0.25) is 0 Å². The van der Waals surface area contributed by atoms with Gasteiger partial charge in [0.15, 0.2) is 0 Å². The number of fused-ring (bicyclic) bond motifs is 1. The standard InChI is InChI=1S/C26H36N4O3/c1-25(2,3)22-16-21-23(31)30(19-13-10-14-20(15-19)33-5)26(4,17-29(21)28-22)24(32)27-18-11-8-6-7-9-12-18/h10,13-16,18H,6-9,11-12,17H2,1-5H3,(H,27,32)/t26-/m0/s1. The zero-order valence-corrected chi connectivity index (χ0v) is 20.5. The summed E-state index contributed by atoms with van der Waals surface area (Å²) < 4.78 is 7.12. The largest absolute Gasteiger partial charge is 0.497 e. The van der Waals surface area contributed by atoms with Crippen LogP contribution >= 0.6 is 0 Å². The second-order valence-corrected chi connectivity index (χ2v) is 10.6. The van der Waals surface area contributed by atoms with Crippen molar-refractivity contribution in [1.29, 1.82) is 0 Å². The van der Waals surface area contributed by atoms with E-state index >= 15 is 0 Å². The number of amides is 2. The van der Waals surface area contributed by atoms with Gasteiger partial charge >= 0.3 is 0 Å². The van der Waals surface area contributed by atoms with Gasteiger partial charge in [0.05, 0.1) is 19.3 Å². The van der Waals surface area contributed by atoms with Crippen LogP contribution in [0.1, 0.15) is 82.4 Å². The molecule has 1 fully saturated rings. The number of carbonyl (C=O) groups is 2. The lowest BCUT2D eigenvalue weighted by Gasteiger charge is -2.43. The van der Waals surface area contributed by atoms with Crippen LogP contribution < -0.4 is 15.0 Å². The third-order valence-corrected chi connectivity index (χ3v) is 6.91. The SMILES string of the molecule is COc1cccc(N2C(=O)c3cc(C(C)(C)C)nn3C[C@@]2(C)C(=O)NC2CCCCCC2)c1. The predicted molar refractivity (Wildman–Crippen MR) is 129 cm³/mol. The van der Waals surface area contributed by atoms with Crippen molar-refractivity contribution in [2.45, 2.75) is 89.8 Å². The Morgan fingerprint density at radius 2 is 1.85 bits per heavy atom. The van der Waals surface area contributed by atoms with Crippen LogP contribution in [-0.4, -0.2) is 40.3 Å². The number of hydrogen-bond acceptors (Lipinski definition) is 4. The second-order valence-electron chi connectivity index (χ2n) is 10.6. The van der Waals surface area contributed by atoms with Crippen LogP contribution in [0.15, 0.2) is 30.3 Å². The average molecular weight is 453 g/mol. The van der Waals surface area contributed by atoms with Gasteiger partial charge in [0, 0.05) is 23.2 Å². The number of anilines is 1. The smallest absolute Gasteiger partial charge is 0.277 e. The van der Waals surface area contributed by atoms with Crippen LogP contribution in [0.5, 0.6) is 5.75 Å². The maximum Gasteiger partial charge on any atom is 0.277 e. The van der Waals surface area contributed by atoms with Crippen molar-refractivity contribution in [2.24, 2.45) is 0 Å². The van der Waals surface area contributed by atoms with Crippen LogP contribution in [0.3, 0.4) is 0 Å². The monoisotopic (exact) mass is 452 g/mol. The maximum absolute atomic E-state index is 13.9. The maximum atomic E-state index is 13.9. The Bertz CT molecular complexity index is 1030. The molecule has 33 heavy (non-hydrogen) atoms. The molecule has 2 heterocycles. The number of ether oxygens (including phenoxy) is 1. The molecular formula is C26H36N4O3. The minimum Gasteiger partial charge on any atom is -0.497 e. The fourth-order valence-corrected chi connectivity index (χ4v) is 4.87. The molecule has 0 unspecified atom stereocenters. The lowest BCUT2D eigenvalue weighted by molar-refractivity contribution is -0.127. The minimum atomic E-state index is -1.12. The molecule has 0 bridgehead atoms. The van der Waals surface area contributed by atoms with Crippen LogP contribution in [0.4, 0.5) is 5.69 Å². The van der Waals surface area contributed by atoms with Crippen molar-refractivity contribution in [3.05, 3.63) is 41.7 Å². The van der Waals surface area contributed by atoms with Crippen molar-refractivity contribution in [1.82, 2.24) is 15.1 Å².